The summed E-state index contributed by atoms with van der Waals surface area (Å²) in [7, 11) is -3.78. The average molecular weight is 517 g/mol. The van der Waals surface area contributed by atoms with Crippen LogP contribution < -0.4 is 5.56 Å². The Kier molecular flexibility index (Phi) is 6.39. The van der Waals surface area contributed by atoms with Crippen LogP contribution in [-0.4, -0.2) is 29.4 Å². The highest BCUT2D eigenvalue weighted by Crippen LogP contribution is 2.27. The molecule has 2 aromatic heterocycles. The number of hydrogen-bond donors (Lipinski definition) is 0. The number of aromatic nitrogens is 1. The minimum Gasteiger partial charge on any atom is -0.298 e. The quantitative estimate of drug-likeness (QED) is 0.263. The SMILES string of the molecule is Cc1ccc2c(=O)n(-c3ccc(CC(=O)CS(=O)(=O)c4ccc(Cl)s4)cc3)cc([N+](=O)[O-])c2c1. The van der Waals surface area contributed by atoms with Gasteiger partial charge in [-0.05, 0) is 48.9 Å². The monoisotopic (exact) mass is 516 g/mol. The van der Waals surface area contributed by atoms with Crippen LogP contribution in [0.1, 0.15) is 11.1 Å². The number of thiophene rings is 1. The summed E-state index contributed by atoms with van der Waals surface area (Å²) >= 11 is 6.68. The van der Waals surface area contributed by atoms with Crippen LogP contribution in [0.5, 0.6) is 0 Å². The predicted octanol–water partition coefficient (Wildman–Crippen LogP) is 4.51. The molecular formula is C23H17ClN2O6S2. The summed E-state index contributed by atoms with van der Waals surface area (Å²) in [6.07, 6.45) is 1.06. The molecule has 0 radical (unpaired) electrons. The number of pyridine rings is 1. The van der Waals surface area contributed by atoms with Crippen molar-refractivity contribution >= 4 is 55.0 Å². The summed E-state index contributed by atoms with van der Waals surface area (Å²) in [4.78, 5) is 36.4. The molecule has 0 spiro atoms. The molecule has 34 heavy (non-hydrogen) atoms. The van der Waals surface area contributed by atoms with E-state index >= 15 is 0 Å². The van der Waals surface area contributed by atoms with Gasteiger partial charge in [0.2, 0.25) is 0 Å². The van der Waals surface area contributed by atoms with Crippen molar-refractivity contribution in [2.45, 2.75) is 17.6 Å². The summed E-state index contributed by atoms with van der Waals surface area (Å²) in [6.45, 7) is 1.79. The molecule has 4 aromatic rings. The van der Waals surface area contributed by atoms with Crippen LogP contribution in [0.25, 0.3) is 16.5 Å². The van der Waals surface area contributed by atoms with E-state index in [1.807, 2.05) is 0 Å². The first-order chi connectivity index (χ1) is 16.0. The molecule has 0 aliphatic rings. The van der Waals surface area contributed by atoms with Gasteiger partial charge < -0.3 is 0 Å². The zero-order valence-corrected chi connectivity index (χ0v) is 20.1. The van der Waals surface area contributed by atoms with E-state index in [2.05, 4.69) is 0 Å². The molecule has 0 fully saturated rings. The zero-order chi connectivity index (χ0) is 24.6. The number of hydrogen-bond acceptors (Lipinski definition) is 7. The van der Waals surface area contributed by atoms with Gasteiger partial charge in [0.25, 0.3) is 11.2 Å². The number of aryl methyl sites for hydroxylation is 1. The van der Waals surface area contributed by atoms with E-state index in [-0.39, 0.29) is 27.1 Å². The fourth-order valence-electron chi connectivity index (χ4n) is 3.58. The highest BCUT2D eigenvalue weighted by molar-refractivity contribution is 7.94. The average Bonchev–Trinajstić information content (AvgIpc) is 3.21. The third-order valence-electron chi connectivity index (χ3n) is 5.17. The summed E-state index contributed by atoms with van der Waals surface area (Å²) in [5.74, 6) is -1.15. The summed E-state index contributed by atoms with van der Waals surface area (Å²) in [5, 5.41) is 12.1. The Morgan fingerprint density at radius 3 is 2.41 bits per heavy atom. The van der Waals surface area contributed by atoms with Gasteiger partial charge in [0.1, 0.15) is 9.96 Å². The van der Waals surface area contributed by atoms with Crippen LogP contribution in [0.3, 0.4) is 0 Å². The number of halogens is 1. The van der Waals surface area contributed by atoms with E-state index in [4.69, 9.17) is 11.6 Å². The molecule has 0 unspecified atom stereocenters. The zero-order valence-electron chi connectivity index (χ0n) is 17.7. The number of Topliss-reactive ketones (excluding diaryl/α,β-unsaturated/α-hetero) is 1. The molecule has 0 N–H and O–H groups in total. The van der Waals surface area contributed by atoms with Gasteiger partial charge in [0.05, 0.1) is 26.2 Å². The van der Waals surface area contributed by atoms with Gasteiger partial charge in [-0.25, -0.2) is 8.42 Å². The number of carbonyl (C=O) groups excluding carboxylic acids is 1. The van der Waals surface area contributed by atoms with Crippen LogP contribution in [0.4, 0.5) is 5.69 Å². The predicted molar refractivity (Wildman–Crippen MR) is 131 cm³/mol. The molecule has 0 amide bonds. The number of fused-ring (bicyclic) bond motifs is 1. The first-order valence-corrected chi connectivity index (χ1v) is 12.8. The van der Waals surface area contributed by atoms with E-state index in [1.54, 1.807) is 49.4 Å². The standard InChI is InChI=1S/C23H17ClN2O6S2/c1-14-2-7-18-19(10-14)20(26(29)30)12-25(23(18)28)16-5-3-15(4-6-16)11-17(27)13-34(31,32)22-9-8-21(24)33-22/h2-10,12H,11,13H2,1H3. The second-order valence-corrected chi connectivity index (χ2v) is 11.6. The van der Waals surface area contributed by atoms with Crippen molar-refractivity contribution in [3.63, 3.8) is 0 Å². The third kappa shape index (κ3) is 4.79. The molecule has 2 heterocycles. The van der Waals surface area contributed by atoms with Gasteiger partial charge in [-0.1, -0.05) is 35.4 Å². The maximum atomic E-state index is 13.0. The normalized spacial score (nSPS) is 11.6. The highest BCUT2D eigenvalue weighted by Gasteiger charge is 2.22. The Morgan fingerprint density at radius 1 is 1.09 bits per heavy atom. The van der Waals surface area contributed by atoms with Crippen molar-refractivity contribution in [2.75, 3.05) is 5.75 Å². The van der Waals surface area contributed by atoms with Gasteiger partial charge in [-0.2, -0.15) is 0 Å². The molecule has 174 valence electrons. The lowest BCUT2D eigenvalue weighted by Gasteiger charge is -2.10. The van der Waals surface area contributed by atoms with Gasteiger partial charge >= 0.3 is 0 Å². The molecule has 8 nitrogen and oxygen atoms in total. The maximum Gasteiger partial charge on any atom is 0.293 e. The number of rotatable bonds is 7. The maximum absolute atomic E-state index is 13.0. The molecule has 0 aliphatic heterocycles. The second kappa shape index (κ2) is 9.13. The second-order valence-electron chi connectivity index (χ2n) is 7.70. The number of ketones is 1. The van der Waals surface area contributed by atoms with Crippen molar-refractivity contribution in [2.24, 2.45) is 0 Å². The smallest absolute Gasteiger partial charge is 0.293 e. The molecule has 0 saturated heterocycles. The van der Waals surface area contributed by atoms with Gasteiger partial charge in [-0.15, -0.1) is 11.3 Å². The minimum atomic E-state index is -3.78. The van der Waals surface area contributed by atoms with Crippen LogP contribution in [0.2, 0.25) is 4.34 Å². The van der Waals surface area contributed by atoms with Crippen LogP contribution in [-0.2, 0) is 21.1 Å². The topological polar surface area (TPSA) is 116 Å². The lowest BCUT2D eigenvalue weighted by Crippen LogP contribution is -2.19. The molecule has 2 aromatic carbocycles. The van der Waals surface area contributed by atoms with E-state index in [0.29, 0.717) is 15.6 Å². The molecule has 4 rings (SSSR count). The summed E-state index contributed by atoms with van der Waals surface area (Å²) < 4.78 is 26.3. The number of nitrogens with zero attached hydrogens (tertiary/aromatic N) is 2. The van der Waals surface area contributed by atoms with Crippen LogP contribution >= 0.6 is 22.9 Å². The van der Waals surface area contributed by atoms with Gasteiger partial charge in [-0.3, -0.25) is 24.3 Å². The van der Waals surface area contributed by atoms with Crippen LogP contribution in [0.15, 0.2) is 69.8 Å². The fourth-order valence-corrected chi connectivity index (χ4v) is 6.39. The largest absolute Gasteiger partial charge is 0.298 e. The summed E-state index contributed by atoms with van der Waals surface area (Å²) in [6, 6.07) is 14.0. The van der Waals surface area contributed by atoms with Crippen molar-refractivity contribution in [3.8, 4) is 5.69 Å². The fraction of sp³-hybridized carbons (Fsp3) is 0.130. The van der Waals surface area contributed by atoms with Crippen molar-refractivity contribution < 1.29 is 18.1 Å². The van der Waals surface area contributed by atoms with E-state index in [9.17, 15) is 28.1 Å². The van der Waals surface area contributed by atoms with Gasteiger partial charge in [0, 0.05) is 12.1 Å². The molecule has 0 aliphatic carbocycles. The Bertz CT molecular complexity index is 1600. The van der Waals surface area contributed by atoms with Crippen LogP contribution in [0, 0.1) is 17.0 Å². The number of carbonyl (C=O) groups is 1. The molecule has 0 atom stereocenters. The lowest BCUT2D eigenvalue weighted by molar-refractivity contribution is -0.383. The summed E-state index contributed by atoms with van der Waals surface area (Å²) in [5.41, 5.74) is 1.12. The minimum absolute atomic E-state index is 0.0358. The Labute approximate surface area is 203 Å². The Balaban J connectivity index is 1.60. The van der Waals surface area contributed by atoms with Crippen molar-refractivity contribution in [1.29, 1.82) is 0 Å². The Hall–Kier alpha value is -3.34. The molecule has 11 heteroatoms. The first-order valence-electron chi connectivity index (χ1n) is 9.95. The highest BCUT2D eigenvalue weighted by atomic mass is 35.5. The van der Waals surface area contributed by atoms with Gasteiger partial charge in [0.15, 0.2) is 15.6 Å². The number of sulfone groups is 1. The van der Waals surface area contributed by atoms with E-state index < -0.39 is 31.9 Å². The molecular weight excluding hydrogens is 500 g/mol. The van der Waals surface area contributed by atoms with Crippen molar-refractivity contribution in [3.05, 3.63) is 96.7 Å². The lowest BCUT2D eigenvalue weighted by atomic mass is 10.1. The number of benzene rings is 2. The molecule has 0 saturated carbocycles. The first kappa shape index (κ1) is 23.8. The third-order valence-corrected chi connectivity index (χ3v) is 8.66. The van der Waals surface area contributed by atoms with E-state index in [1.165, 1.54) is 22.9 Å². The number of nitro groups is 1. The Morgan fingerprint density at radius 2 is 1.79 bits per heavy atom. The van der Waals surface area contributed by atoms with E-state index in [0.717, 1.165) is 16.9 Å². The molecule has 0 bridgehead atoms. The van der Waals surface area contributed by atoms with Crippen molar-refractivity contribution in [1.82, 2.24) is 4.57 Å².